The van der Waals surface area contributed by atoms with Crippen LogP contribution in [-0.4, -0.2) is 29.4 Å². The van der Waals surface area contributed by atoms with E-state index >= 15 is 0 Å². The van der Waals surface area contributed by atoms with E-state index in [1.54, 1.807) is 15.5 Å². The third kappa shape index (κ3) is 2.27. The number of hydrogen-bond donors (Lipinski definition) is 0. The molecule has 0 bridgehead atoms. The maximum Gasteiger partial charge on any atom is 0.186 e. The van der Waals surface area contributed by atoms with E-state index in [4.69, 9.17) is 0 Å². The van der Waals surface area contributed by atoms with Crippen LogP contribution in [0.4, 0.5) is 0 Å². The molecule has 0 aliphatic carbocycles. The Balaban J connectivity index is 1.60. The molecule has 0 aliphatic rings. The first-order valence-electron chi connectivity index (χ1n) is 7.98. The van der Waals surface area contributed by atoms with Crippen molar-refractivity contribution < 1.29 is 0 Å². The summed E-state index contributed by atoms with van der Waals surface area (Å²) in [7, 11) is 1.87. The average Bonchev–Trinajstić information content (AvgIpc) is 3.25. The van der Waals surface area contributed by atoms with Crippen molar-refractivity contribution in [3.05, 3.63) is 67.1 Å². The Bertz CT molecular complexity index is 1190. The maximum atomic E-state index is 4.69. The highest BCUT2D eigenvalue weighted by Gasteiger charge is 2.12. The van der Waals surface area contributed by atoms with Crippen molar-refractivity contribution in [2.24, 2.45) is 7.05 Å². The van der Waals surface area contributed by atoms with E-state index < -0.39 is 0 Å². The first-order valence-corrected chi connectivity index (χ1v) is 7.98. The molecule has 0 spiro atoms. The molecule has 3 aromatic heterocycles. The number of benzene rings is 2. The van der Waals surface area contributed by atoms with Gasteiger partial charge in [-0.05, 0) is 11.1 Å². The SMILES string of the molecule is Cn1cc2c(ncn3nc(-c4ccc(-c5ccccc5)cc4)nc23)n1. The molecule has 0 N–H and O–H groups in total. The van der Waals surface area contributed by atoms with E-state index in [0.29, 0.717) is 11.5 Å². The highest BCUT2D eigenvalue weighted by Crippen LogP contribution is 2.24. The summed E-state index contributed by atoms with van der Waals surface area (Å²) in [6.45, 7) is 0. The summed E-state index contributed by atoms with van der Waals surface area (Å²) in [5.74, 6) is 0.678. The van der Waals surface area contributed by atoms with E-state index in [-0.39, 0.29) is 0 Å². The summed E-state index contributed by atoms with van der Waals surface area (Å²) >= 11 is 0. The van der Waals surface area contributed by atoms with Gasteiger partial charge in [-0.1, -0.05) is 54.6 Å². The second kappa shape index (κ2) is 5.24. The molecule has 2 aromatic carbocycles. The predicted molar refractivity (Wildman–Crippen MR) is 95.9 cm³/mol. The molecule has 120 valence electrons. The fourth-order valence-corrected chi connectivity index (χ4v) is 2.99. The van der Waals surface area contributed by atoms with Gasteiger partial charge in [0.2, 0.25) is 0 Å². The number of hydrogen-bond acceptors (Lipinski definition) is 4. The second-order valence-corrected chi connectivity index (χ2v) is 5.93. The summed E-state index contributed by atoms with van der Waals surface area (Å²) in [6, 6.07) is 18.6. The first-order chi connectivity index (χ1) is 12.3. The van der Waals surface area contributed by atoms with Gasteiger partial charge in [-0.3, -0.25) is 4.68 Å². The van der Waals surface area contributed by atoms with E-state index in [0.717, 1.165) is 16.6 Å². The summed E-state index contributed by atoms with van der Waals surface area (Å²) in [4.78, 5) is 9.00. The Hall–Kier alpha value is -3.54. The molecule has 0 amide bonds. The zero-order chi connectivity index (χ0) is 16.8. The smallest absolute Gasteiger partial charge is 0.186 e. The van der Waals surface area contributed by atoms with Crippen molar-refractivity contribution >= 4 is 16.7 Å². The largest absolute Gasteiger partial charge is 0.273 e. The molecular weight excluding hydrogens is 312 g/mol. The number of rotatable bonds is 2. The molecule has 0 atom stereocenters. The fourth-order valence-electron chi connectivity index (χ4n) is 2.99. The quantitative estimate of drug-likeness (QED) is 0.499. The van der Waals surface area contributed by atoms with Crippen LogP contribution in [0.5, 0.6) is 0 Å². The molecule has 3 heterocycles. The molecule has 0 saturated carbocycles. The lowest BCUT2D eigenvalue weighted by Gasteiger charge is -2.02. The van der Waals surface area contributed by atoms with Gasteiger partial charge >= 0.3 is 0 Å². The van der Waals surface area contributed by atoms with Crippen LogP contribution in [0.1, 0.15) is 0 Å². The van der Waals surface area contributed by atoms with Crippen molar-refractivity contribution in [2.75, 3.05) is 0 Å². The molecule has 0 saturated heterocycles. The van der Waals surface area contributed by atoms with Gasteiger partial charge in [-0.15, -0.1) is 5.10 Å². The van der Waals surface area contributed by atoms with Crippen LogP contribution in [0.15, 0.2) is 67.1 Å². The monoisotopic (exact) mass is 326 g/mol. The summed E-state index contributed by atoms with van der Waals surface area (Å²) in [5.41, 5.74) is 4.77. The molecule has 5 rings (SSSR count). The summed E-state index contributed by atoms with van der Waals surface area (Å²) < 4.78 is 3.44. The fraction of sp³-hybridized carbons (Fsp3) is 0.0526. The highest BCUT2D eigenvalue weighted by atomic mass is 15.3. The van der Waals surface area contributed by atoms with Crippen LogP contribution in [0, 0.1) is 0 Å². The number of nitrogens with zero attached hydrogens (tertiary/aromatic N) is 6. The second-order valence-electron chi connectivity index (χ2n) is 5.93. The Kier molecular flexibility index (Phi) is 2.90. The van der Waals surface area contributed by atoms with Crippen molar-refractivity contribution in [1.82, 2.24) is 29.4 Å². The van der Waals surface area contributed by atoms with Gasteiger partial charge in [0, 0.05) is 18.8 Å². The molecule has 0 aliphatic heterocycles. The van der Waals surface area contributed by atoms with Gasteiger partial charge in [-0.2, -0.15) is 5.10 Å². The van der Waals surface area contributed by atoms with Gasteiger partial charge in [0.1, 0.15) is 6.33 Å². The lowest BCUT2D eigenvalue weighted by molar-refractivity contribution is 0.775. The third-order valence-corrected chi connectivity index (χ3v) is 4.22. The molecule has 6 heteroatoms. The van der Waals surface area contributed by atoms with Crippen LogP contribution in [0.2, 0.25) is 0 Å². The van der Waals surface area contributed by atoms with Crippen LogP contribution in [0.25, 0.3) is 39.2 Å². The molecule has 0 radical (unpaired) electrons. The zero-order valence-electron chi connectivity index (χ0n) is 13.5. The summed E-state index contributed by atoms with van der Waals surface area (Å²) in [5, 5.41) is 9.76. The van der Waals surface area contributed by atoms with Gasteiger partial charge in [0.25, 0.3) is 0 Å². The average molecular weight is 326 g/mol. The van der Waals surface area contributed by atoms with Gasteiger partial charge in [0.15, 0.2) is 17.1 Å². The van der Waals surface area contributed by atoms with Crippen molar-refractivity contribution in [3.8, 4) is 22.5 Å². The molecular formula is C19H14N6. The topological polar surface area (TPSA) is 60.9 Å². The van der Waals surface area contributed by atoms with E-state index in [1.807, 2.05) is 43.6 Å². The number of aryl methyl sites for hydroxylation is 1. The number of fused-ring (bicyclic) bond motifs is 3. The van der Waals surface area contributed by atoms with Crippen molar-refractivity contribution in [3.63, 3.8) is 0 Å². The van der Waals surface area contributed by atoms with Gasteiger partial charge in [0.05, 0.1) is 5.39 Å². The standard InChI is InChI=1S/C19H14N6/c1-24-11-16-18(22-24)20-12-25-19(16)21-17(23-25)15-9-7-14(8-10-15)13-5-3-2-4-6-13/h2-12H,1H3. The normalized spacial score (nSPS) is 11.4. The van der Waals surface area contributed by atoms with Gasteiger partial charge < -0.3 is 0 Å². The van der Waals surface area contributed by atoms with Crippen LogP contribution < -0.4 is 0 Å². The minimum Gasteiger partial charge on any atom is -0.273 e. The van der Waals surface area contributed by atoms with E-state index in [9.17, 15) is 0 Å². The molecule has 0 unspecified atom stereocenters. The molecule has 25 heavy (non-hydrogen) atoms. The molecule has 0 fully saturated rings. The Morgan fingerprint density at radius 1 is 0.800 bits per heavy atom. The van der Waals surface area contributed by atoms with E-state index in [2.05, 4.69) is 44.4 Å². The summed E-state index contributed by atoms with van der Waals surface area (Å²) in [6.07, 6.45) is 3.56. The first kappa shape index (κ1) is 13.9. The Morgan fingerprint density at radius 2 is 1.52 bits per heavy atom. The highest BCUT2D eigenvalue weighted by molar-refractivity contribution is 5.88. The maximum absolute atomic E-state index is 4.69. The zero-order valence-corrected chi connectivity index (χ0v) is 13.5. The Labute approximate surface area is 143 Å². The third-order valence-electron chi connectivity index (χ3n) is 4.22. The van der Waals surface area contributed by atoms with Crippen molar-refractivity contribution in [2.45, 2.75) is 0 Å². The van der Waals surface area contributed by atoms with E-state index in [1.165, 1.54) is 11.1 Å². The lowest BCUT2D eigenvalue weighted by Crippen LogP contribution is -1.90. The lowest BCUT2D eigenvalue weighted by atomic mass is 10.0. The van der Waals surface area contributed by atoms with Crippen molar-refractivity contribution in [1.29, 1.82) is 0 Å². The molecule has 5 aromatic rings. The minimum atomic E-state index is 0.674. The predicted octanol–water partition coefficient (Wildman–Crippen LogP) is 3.35. The minimum absolute atomic E-state index is 0.674. The molecule has 6 nitrogen and oxygen atoms in total. The Morgan fingerprint density at radius 3 is 2.32 bits per heavy atom. The van der Waals surface area contributed by atoms with Crippen LogP contribution >= 0.6 is 0 Å². The van der Waals surface area contributed by atoms with Crippen LogP contribution in [0.3, 0.4) is 0 Å². The van der Waals surface area contributed by atoms with Crippen LogP contribution in [-0.2, 0) is 7.05 Å². The number of aromatic nitrogens is 6. The van der Waals surface area contributed by atoms with Gasteiger partial charge in [-0.25, -0.2) is 14.5 Å².